The van der Waals surface area contributed by atoms with Gasteiger partial charge in [0, 0.05) is 6.07 Å². The van der Waals surface area contributed by atoms with Gasteiger partial charge in [0.05, 0.1) is 28.9 Å². The van der Waals surface area contributed by atoms with Gasteiger partial charge in [-0.25, -0.2) is 8.42 Å². The van der Waals surface area contributed by atoms with Gasteiger partial charge in [-0.05, 0) is 25.0 Å². The average Bonchev–Trinajstić information content (AvgIpc) is 2.53. The van der Waals surface area contributed by atoms with E-state index >= 15 is 0 Å². The number of carbonyl (C=O) groups is 1. The number of sulfone groups is 1. The van der Waals surface area contributed by atoms with Gasteiger partial charge in [-0.3, -0.25) is 4.79 Å². The van der Waals surface area contributed by atoms with E-state index in [1.165, 1.54) is 13.2 Å². The van der Waals surface area contributed by atoms with E-state index in [0.717, 1.165) is 19.3 Å². The second kappa shape index (κ2) is 5.02. The Kier molecular flexibility index (Phi) is 3.43. The van der Waals surface area contributed by atoms with Gasteiger partial charge >= 0.3 is 0 Å². The smallest absolute Gasteiger partial charge is 0.231 e. The Bertz CT molecular complexity index is 675. The van der Waals surface area contributed by atoms with Crippen molar-refractivity contribution in [2.75, 3.05) is 18.2 Å². The van der Waals surface area contributed by atoms with Gasteiger partial charge in [-0.2, -0.15) is 0 Å². The van der Waals surface area contributed by atoms with E-state index in [1.807, 2.05) is 0 Å². The fraction of sp³-hybridized carbons (Fsp3) is 0.533. The Labute approximate surface area is 124 Å². The third kappa shape index (κ3) is 2.41. The number of nitrogens with one attached hydrogen (secondary N) is 1. The minimum atomic E-state index is -3.48. The minimum absolute atomic E-state index is 0.0921. The van der Waals surface area contributed by atoms with Crippen molar-refractivity contribution in [1.29, 1.82) is 0 Å². The van der Waals surface area contributed by atoms with Crippen LogP contribution in [-0.2, 0) is 14.6 Å². The summed E-state index contributed by atoms with van der Waals surface area (Å²) < 4.78 is 30.5. The van der Waals surface area contributed by atoms with E-state index in [2.05, 4.69) is 5.32 Å². The van der Waals surface area contributed by atoms with Crippen molar-refractivity contribution in [1.82, 2.24) is 0 Å². The molecule has 1 amide bonds. The summed E-state index contributed by atoms with van der Waals surface area (Å²) in [6.07, 6.45) is 4.16. The monoisotopic (exact) mass is 309 g/mol. The van der Waals surface area contributed by atoms with E-state index < -0.39 is 15.3 Å². The second-order valence-electron chi connectivity index (χ2n) is 5.92. The molecule has 2 aliphatic rings. The Hall–Kier alpha value is -1.56. The maximum Gasteiger partial charge on any atom is 0.231 e. The number of ether oxygens (including phenoxy) is 1. The summed E-state index contributed by atoms with van der Waals surface area (Å²) in [7, 11) is -1.97. The average molecular weight is 309 g/mol. The Morgan fingerprint density at radius 2 is 1.90 bits per heavy atom. The quantitative estimate of drug-likeness (QED) is 0.864. The van der Waals surface area contributed by atoms with E-state index in [1.54, 1.807) is 12.1 Å². The molecule has 0 bridgehead atoms. The third-order valence-electron chi connectivity index (χ3n) is 4.53. The van der Waals surface area contributed by atoms with Crippen LogP contribution < -0.4 is 10.1 Å². The molecule has 1 spiro atoms. The van der Waals surface area contributed by atoms with Crippen molar-refractivity contribution in [2.45, 2.75) is 37.0 Å². The number of hydrogen-bond donors (Lipinski definition) is 1. The molecule has 0 atom stereocenters. The molecule has 6 heteroatoms. The topological polar surface area (TPSA) is 72.5 Å². The standard InChI is InChI=1S/C15H19NO4S/c1-20-11-5-6-13-12(9-11)16-14(17)15(10-21(13,18)19)7-3-2-4-8-15/h5-6,9H,2-4,7-8,10H2,1H3,(H,16,17). The van der Waals surface area contributed by atoms with Crippen LogP contribution in [0.4, 0.5) is 5.69 Å². The van der Waals surface area contributed by atoms with Crippen LogP contribution >= 0.6 is 0 Å². The highest BCUT2D eigenvalue weighted by Gasteiger charge is 2.46. The Balaban J connectivity index is 2.10. The zero-order valence-corrected chi connectivity index (χ0v) is 12.8. The summed E-state index contributed by atoms with van der Waals surface area (Å²) >= 11 is 0. The number of benzene rings is 1. The van der Waals surface area contributed by atoms with Crippen molar-refractivity contribution in [3.05, 3.63) is 18.2 Å². The molecule has 1 fully saturated rings. The molecule has 1 aromatic rings. The van der Waals surface area contributed by atoms with Gasteiger partial charge in [-0.1, -0.05) is 19.3 Å². The molecule has 0 saturated heterocycles. The van der Waals surface area contributed by atoms with E-state index in [-0.39, 0.29) is 16.6 Å². The molecular formula is C15H19NO4S. The molecule has 21 heavy (non-hydrogen) atoms. The molecule has 1 heterocycles. The highest BCUT2D eigenvalue weighted by Crippen LogP contribution is 2.43. The zero-order chi connectivity index (χ0) is 15.1. The normalized spacial score (nSPS) is 23.0. The second-order valence-corrected chi connectivity index (χ2v) is 7.87. The largest absolute Gasteiger partial charge is 0.497 e. The Morgan fingerprint density at radius 1 is 1.19 bits per heavy atom. The van der Waals surface area contributed by atoms with Crippen LogP contribution in [0.3, 0.4) is 0 Å². The molecule has 3 rings (SSSR count). The fourth-order valence-electron chi connectivity index (χ4n) is 3.37. The van der Waals surface area contributed by atoms with E-state index in [9.17, 15) is 13.2 Å². The SMILES string of the molecule is COc1ccc2c(c1)NC(=O)C1(CCCCC1)CS2(=O)=O. The highest BCUT2D eigenvalue weighted by atomic mass is 32.2. The molecule has 1 N–H and O–H groups in total. The first-order chi connectivity index (χ1) is 9.97. The number of amides is 1. The number of hydrogen-bond acceptors (Lipinski definition) is 4. The van der Waals surface area contributed by atoms with Crippen LogP contribution in [0.5, 0.6) is 5.75 Å². The molecule has 114 valence electrons. The maximum atomic E-state index is 12.7. The van der Waals surface area contributed by atoms with Crippen molar-refractivity contribution in [3.8, 4) is 5.75 Å². The lowest BCUT2D eigenvalue weighted by Crippen LogP contribution is -2.41. The van der Waals surface area contributed by atoms with E-state index in [4.69, 9.17) is 4.74 Å². The van der Waals surface area contributed by atoms with Crippen molar-refractivity contribution >= 4 is 21.4 Å². The maximum absolute atomic E-state index is 12.7. The van der Waals surface area contributed by atoms with Gasteiger partial charge in [0.2, 0.25) is 5.91 Å². The molecule has 1 aromatic carbocycles. The van der Waals surface area contributed by atoms with Crippen molar-refractivity contribution in [3.63, 3.8) is 0 Å². The lowest BCUT2D eigenvalue weighted by molar-refractivity contribution is -0.126. The molecule has 0 aromatic heterocycles. The third-order valence-corrected chi connectivity index (χ3v) is 6.49. The summed E-state index contributed by atoms with van der Waals surface area (Å²) in [5.74, 6) is 0.271. The molecule has 0 radical (unpaired) electrons. The fourth-order valence-corrected chi connectivity index (χ4v) is 5.39. The highest BCUT2D eigenvalue weighted by molar-refractivity contribution is 7.91. The summed E-state index contributed by atoms with van der Waals surface area (Å²) in [6, 6.07) is 4.71. The summed E-state index contributed by atoms with van der Waals surface area (Å²) in [4.78, 5) is 12.8. The molecular weight excluding hydrogens is 290 g/mol. The lowest BCUT2D eigenvalue weighted by Gasteiger charge is -2.33. The van der Waals surface area contributed by atoms with Gasteiger partial charge in [0.25, 0.3) is 0 Å². The van der Waals surface area contributed by atoms with Crippen LogP contribution in [0.1, 0.15) is 32.1 Å². The van der Waals surface area contributed by atoms with Crippen molar-refractivity contribution in [2.24, 2.45) is 5.41 Å². The van der Waals surface area contributed by atoms with Crippen LogP contribution in [0.15, 0.2) is 23.1 Å². The predicted molar refractivity (Wildman–Crippen MR) is 79.2 cm³/mol. The number of fused-ring (bicyclic) bond motifs is 1. The number of methoxy groups -OCH3 is 1. The minimum Gasteiger partial charge on any atom is -0.497 e. The molecule has 1 saturated carbocycles. The molecule has 0 unspecified atom stereocenters. The summed E-state index contributed by atoms with van der Waals surface area (Å²) in [6.45, 7) is 0. The summed E-state index contributed by atoms with van der Waals surface area (Å²) in [5, 5.41) is 2.82. The predicted octanol–water partition coefficient (Wildman–Crippen LogP) is 2.37. The first-order valence-corrected chi connectivity index (χ1v) is 8.84. The van der Waals surface area contributed by atoms with Gasteiger partial charge in [0.15, 0.2) is 9.84 Å². The van der Waals surface area contributed by atoms with Crippen LogP contribution in [0.25, 0.3) is 0 Å². The molecule has 5 nitrogen and oxygen atoms in total. The lowest BCUT2D eigenvalue weighted by atomic mass is 9.75. The van der Waals surface area contributed by atoms with Gasteiger partial charge < -0.3 is 10.1 Å². The number of carbonyl (C=O) groups excluding carboxylic acids is 1. The van der Waals surface area contributed by atoms with Crippen LogP contribution in [0.2, 0.25) is 0 Å². The van der Waals surface area contributed by atoms with Crippen molar-refractivity contribution < 1.29 is 17.9 Å². The Morgan fingerprint density at radius 3 is 2.57 bits per heavy atom. The first kappa shape index (κ1) is 14.4. The first-order valence-electron chi connectivity index (χ1n) is 7.19. The number of rotatable bonds is 1. The van der Waals surface area contributed by atoms with Crippen LogP contribution in [-0.4, -0.2) is 27.2 Å². The summed E-state index contributed by atoms with van der Waals surface area (Å²) in [5.41, 5.74) is -0.439. The number of anilines is 1. The van der Waals surface area contributed by atoms with Crippen LogP contribution in [0, 0.1) is 5.41 Å². The van der Waals surface area contributed by atoms with Gasteiger partial charge in [-0.15, -0.1) is 0 Å². The van der Waals surface area contributed by atoms with Gasteiger partial charge in [0.1, 0.15) is 5.75 Å². The molecule has 1 aliphatic heterocycles. The molecule has 1 aliphatic carbocycles. The zero-order valence-electron chi connectivity index (χ0n) is 12.0. The van der Waals surface area contributed by atoms with E-state index in [0.29, 0.717) is 24.3 Å².